The molecule has 30 heavy (non-hydrogen) atoms. The van der Waals surface area contributed by atoms with Crippen LogP contribution in [0.1, 0.15) is 17.8 Å². The Morgan fingerprint density at radius 3 is 2.77 bits per heavy atom. The molecule has 4 rings (SSSR count). The number of aryl methyl sites for hydroxylation is 1. The SMILES string of the molecule is COc1ccc(CNC(=O)COc2ccc3nc4n(c(=O)c3c2)CCC4)cc1OC. The van der Waals surface area contributed by atoms with Crippen LogP contribution < -0.4 is 25.1 Å². The summed E-state index contributed by atoms with van der Waals surface area (Å²) in [6, 6.07) is 10.6. The van der Waals surface area contributed by atoms with Crippen LogP contribution >= 0.6 is 0 Å². The largest absolute Gasteiger partial charge is 0.493 e. The average Bonchev–Trinajstić information content (AvgIpc) is 3.25. The molecule has 1 aliphatic heterocycles. The number of hydrogen-bond acceptors (Lipinski definition) is 6. The minimum absolute atomic E-state index is 0.0594. The van der Waals surface area contributed by atoms with Gasteiger partial charge in [0, 0.05) is 19.5 Å². The standard InChI is InChI=1S/C22H23N3O5/c1-28-18-8-5-14(10-19(18)29-2)12-23-21(26)13-30-15-6-7-17-16(11-15)22(27)25-9-3-4-20(25)24-17/h5-8,10-11H,3-4,9,12-13H2,1-2H3,(H,23,26). The molecule has 0 aliphatic carbocycles. The van der Waals surface area contributed by atoms with E-state index in [1.165, 1.54) is 0 Å². The zero-order valence-electron chi connectivity index (χ0n) is 16.9. The Kier molecular flexibility index (Phi) is 5.56. The predicted octanol–water partition coefficient (Wildman–Crippen LogP) is 2.06. The molecule has 0 fully saturated rings. The van der Waals surface area contributed by atoms with Crippen molar-refractivity contribution in [2.45, 2.75) is 25.9 Å². The van der Waals surface area contributed by atoms with Crippen molar-refractivity contribution in [3.63, 3.8) is 0 Å². The van der Waals surface area contributed by atoms with Crippen molar-refractivity contribution in [3.8, 4) is 17.2 Å². The molecular weight excluding hydrogens is 386 g/mol. The van der Waals surface area contributed by atoms with Crippen LogP contribution in [0.15, 0.2) is 41.2 Å². The Labute approximate surface area is 173 Å². The van der Waals surface area contributed by atoms with Gasteiger partial charge in [-0.3, -0.25) is 14.2 Å². The topological polar surface area (TPSA) is 91.7 Å². The summed E-state index contributed by atoms with van der Waals surface area (Å²) in [5.41, 5.74) is 1.47. The monoisotopic (exact) mass is 409 g/mol. The van der Waals surface area contributed by atoms with Gasteiger partial charge in [0.2, 0.25) is 0 Å². The lowest BCUT2D eigenvalue weighted by molar-refractivity contribution is -0.123. The van der Waals surface area contributed by atoms with Crippen molar-refractivity contribution in [3.05, 3.63) is 58.1 Å². The first kappa shape index (κ1) is 19.8. The van der Waals surface area contributed by atoms with Gasteiger partial charge < -0.3 is 19.5 Å². The lowest BCUT2D eigenvalue weighted by atomic mass is 10.2. The zero-order chi connectivity index (χ0) is 21.1. The fourth-order valence-electron chi connectivity index (χ4n) is 3.54. The van der Waals surface area contributed by atoms with Crippen molar-refractivity contribution >= 4 is 16.8 Å². The van der Waals surface area contributed by atoms with Gasteiger partial charge in [-0.15, -0.1) is 0 Å². The summed E-state index contributed by atoms with van der Waals surface area (Å²) >= 11 is 0. The third-order valence-corrected chi connectivity index (χ3v) is 5.09. The first-order valence-electron chi connectivity index (χ1n) is 9.73. The van der Waals surface area contributed by atoms with Crippen molar-refractivity contribution in [1.29, 1.82) is 0 Å². The number of hydrogen-bond donors (Lipinski definition) is 1. The van der Waals surface area contributed by atoms with Gasteiger partial charge in [-0.25, -0.2) is 4.98 Å². The van der Waals surface area contributed by atoms with Crippen LogP contribution in [0.25, 0.3) is 10.9 Å². The highest BCUT2D eigenvalue weighted by Crippen LogP contribution is 2.27. The second-order valence-corrected chi connectivity index (χ2v) is 7.02. The average molecular weight is 409 g/mol. The van der Waals surface area contributed by atoms with Gasteiger partial charge in [0.05, 0.1) is 25.1 Å². The number of fused-ring (bicyclic) bond motifs is 2. The van der Waals surface area contributed by atoms with Crippen LogP contribution in [0, 0.1) is 0 Å². The van der Waals surface area contributed by atoms with E-state index in [1.807, 2.05) is 12.1 Å². The van der Waals surface area contributed by atoms with Crippen LogP contribution in [0.4, 0.5) is 0 Å². The second-order valence-electron chi connectivity index (χ2n) is 7.02. The van der Waals surface area contributed by atoms with E-state index < -0.39 is 0 Å². The fourth-order valence-corrected chi connectivity index (χ4v) is 3.54. The van der Waals surface area contributed by atoms with Crippen molar-refractivity contribution < 1.29 is 19.0 Å². The molecule has 0 saturated carbocycles. The fraction of sp³-hybridized carbons (Fsp3) is 0.318. The number of rotatable bonds is 7. The predicted molar refractivity (Wildman–Crippen MR) is 111 cm³/mol. The third kappa shape index (κ3) is 3.94. The number of aromatic nitrogens is 2. The van der Waals surface area contributed by atoms with Crippen LogP contribution in [0.2, 0.25) is 0 Å². The number of carbonyl (C=O) groups is 1. The van der Waals surface area contributed by atoms with E-state index in [-0.39, 0.29) is 18.1 Å². The molecule has 0 bridgehead atoms. The van der Waals surface area contributed by atoms with Crippen LogP contribution in [-0.2, 0) is 24.3 Å². The highest BCUT2D eigenvalue weighted by molar-refractivity contribution is 5.80. The number of nitrogens with zero attached hydrogens (tertiary/aromatic N) is 2. The normalized spacial score (nSPS) is 12.5. The number of nitrogens with one attached hydrogen (secondary N) is 1. The molecule has 8 nitrogen and oxygen atoms in total. The molecule has 1 aliphatic rings. The number of amides is 1. The van der Waals surface area contributed by atoms with E-state index in [0.717, 1.165) is 24.2 Å². The van der Waals surface area contributed by atoms with Gasteiger partial charge in [-0.2, -0.15) is 0 Å². The zero-order valence-corrected chi connectivity index (χ0v) is 16.9. The second kappa shape index (κ2) is 8.44. The maximum Gasteiger partial charge on any atom is 0.261 e. The number of ether oxygens (including phenoxy) is 3. The van der Waals surface area contributed by atoms with Crippen LogP contribution in [0.5, 0.6) is 17.2 Å². The van der Waals surface area contributed by atoms with Gasteiger partial charge in [0.15, 0.2) is 18.1 Å². The Morgan fingerprint density at radius 2 is 1.97 bits per heavy atom. The van der Waals surface area contributed by atoms with Gasteiger partial charge in [0.1, 0.15) is 11.6 Å². The van der Waals surface area contributed by atoms with E-state index in [9.17, 15) is 9.59 Å². The molecule has 1 amide bonds. The molecule has 0 radical (unpaired) electrons. The molecule has 0 atom stereocenters. The van der Waals surface area contributed by atoms with Gasteiger partial charge in [-0.05, 0) is 42.3 Å². The molecule has 1 aromatic heterocycles. The van der Waals surface area contributed by atoms with Crippen molar-refractivity contribution in [2.24, 2.45) is 0 Å². The molecular formula is C22H23N3O5. The third-order valence-electron chi connectivity index (χ3n) is 5.09. The molecule has 0 spiro atoms. The van der Waals surface area contributed by atoms with E-state index in [1.54, 1.807) is 43.1 Å². The Hall–Kier alpha value is -3.55. The number of carbonyl (C=O) groups excluding carboxylic acids is 1. The van der Waals surface area contributed by atoms with E-state index in [0.29, 0.717) is 41.2 Å². The molecule has 2 aromatic carbocycles. The summed E-state index contributed by atoms with van der Waals surface area (Å²) in [6.45, 7) is 0.872. The maximum absolute atomic E-state index is 12.6. The highest BCUT2D eigenvalue weighted by atomic mass is 16.5. The van der Waals surface area contributed by atoms with Crippen molar-refractivity contribution in [2.75, 3.05) is 20.8 Å². The maximum atomic E-state index is 12.6. The Bertz CT molecular complexity index is 1160. The molecule has 8 heteroatoms. The first-order chi connectivity index (χ1) is 14.6. The molecule has 156 valence electrons. The van der Waals surface area contributed by atoms with Crippen molar-refractivity contribution in [1.82, 2.24) is 14.9 Å². The van der Waals surface area contributed by atoms with Crippen LogP contribution in [0.3, 0.4) is 0 Å². The Balaban J connectivity index is 1.38. The molecule has 0 unspecified atom stereocenters. The van der Waals surface area contributed by atoms with E-state index in [4.69, 9.17) is 14.2 Å². The minimum atomic E-state index is -0.270. The smallest absolute Gasteiger partial charge is 0.261 e. The highest BCUT2D eigenvalue weighted by Gasteiger charge is 2.16. The molecule has 0 saturated heterocycles. The molecule has 2 heterocycles. The first-order valence-corrected chi connectivity index (χ1v) is 9.73. The summed E-state index contributed by atoms with van der Waals surface area (Å²) in [5.74, 6) is 2.25. The number of benzene rings is 2. The lowest BCUT2D eigenvalue weighted by Gasteiger charge is -2.11. The lowest BCUT2D eigenvalue weighted by Crippen LogP contribution is -2.28. The molecule has 3 aromatic rings. The molecule has 1 N–H and O–H groups in total. The summed E-state index contributed by atoms with van der Waals surface area (Å²) in [6.07, 6.45) is 1.76. The van der Waals surface area contributed by atoms with Gasteiger partial charge >= 0.3 is 0 Å². The van der Waals surface area contributed by atoms with Crippen LogP contribution in [-0.4, -0.2) is 36.3 Å². The van der Waals surface area contributed by atoms with E-state index in [2.05, 4.69) is 10.3 Å². The van der Waals surface area contributed by atoms with E-state index >= 15 is 0 Å². The van der Waals surface area contributed by atoms with Gasteiger partial charge in [0.25, 0.3) is 11.5 Å². The number of methoxy groups -OCH3 is 2. The Morgan fingerprint density at radius 1 is 1.13 bits per heavy atom. The summed E-state index contributed by atoms with van der Waals surface area (Å²) < 4.78 is 17.8. The summed E-state index contributed by atoms with van der Waals surface area (Å²) in [7, 11) is 3.13. The van der Waals surface area contributed by atoms with Gasteiger partial charge in [-0.1, -0.05) is 6.07 Å². The minimum Gasteiger partial charge on any atom is -0.493 e. The summed E-state index contributed by atoms with van der Waals surface area (Å²) in [5, 5.41) is 3.31. The summed E-state index contributed by atoms with van der Waals surface area (Å²) in [4.78, 5) is 29.4. The quantitative estimate of drug-likeness (QED) is 0.642.